The second-order valence-corrected chi connectivity index (χ2v) is 3.91. The molecule has 1 aromatic carbocycles. The average molecular weight is 219 g/mol. The molecule has 78 valence electrons. The Hall–Kier alpha value is -1.19. The SMILES string of the molecule is Nc1ccc([NH+]([O-])[O-])cc1S(=O)(=O)O. The number of anilines is 1. The highest BCUT2D eigenvalue weighted by Gasteiger charge is 2.15. The van der Waals surface area contributed by atoms with Gasteiger partial charge in [-0.15, -0.1) is 0 Å². The Balaban J connectivity index is 3.37. The first kappa shape index (κ1) is 10.9. The maximum atomic E-state index is 10.7. The maximum absolute atomic E-state index is 10.7. The fourth-order valence-electron chi connectivity index (χ4n) is 0.885. The minimum atomic E-state index is -4.51. The molecule has 0 aliphatic carbocycles. The van der Waals surface area contributed by atoms with E-state index in [9.17, 15) is 18.8 Å². The molecule has 8 heteroatoms. The zero-order chi connectivity index (χ0) is 10.9. The first-order chi connectivity index (χ1) is 6.32. The summed E-state index contributed by atoms with van der Waals surface area (Å²) >= 11 is 0. The second kappa shape index (κ2) is 3.52. The van der Waals surface area contributed by atoms with Crippen molar-refractivity contribution in [2.75, 3.05) is 5.73 Å². The van der Waals surface area contributed by atoms with Crippen LogP contribution in [0.15, 0.2) is 23.1 Å². The normalized spacial score (nSPS) is 12.0. The van der Waals surface area contributed by atoms with Gasteiger partial charge < -0.3 is 21.4 Å². The molecule has 4 N–H and O–H groups in total. The van der Waals surface area contributed by atoms with Crippen LogP contribution in [-0.2, 0) is 10.1 Å². The monoisotopic (exact) mass is 219 g/mol. The van der Waals surface area contributed by atoms with Crippen molar-refractivity contribution in [1.82, 2.24) is 0 Å². The Morgan fingerprint density at radius 3 is 2.36 bits per heavy atom. The third-order valence-corrected chi connectivity index (χ3v) is 2.44. The highest BCUT2D eigenvalue weighted by Crippen LogP contribution is 2.20. The summed E-state index contributed by atoms with van der Waals surface area (Å²) in [4.78, 5) is -0.640. The summed E-state index contributed by atoms with van der Waals surface area (Å²) in [5.74, 6) is 0. The zero-order valence-corrected chi connectivity index (χ0v) is 7.61. The van der Waals surface area contributed by atoms with E-state index in [1.54, 1.807) is 0 Å². The van der Waals surface area contributed by atoms with Gasteiger partial charge in [-0.1, -0.05) is 0 Å². The molecule has 0 unspecified atom stereocenters. The van der Waals surface area contributed by atoms with Crippen LogP contribution in [-0.4, -0.2) is 13.0 Å². The van der Waals surface area contributed by atoms with Crippen molar-refractivity contribution in [3.8, 4) is 0 Å². The number of hydrogen-bond donors (Lipinski definition) is 3. The minimum absolute atomic E-state index is 0.225. The largest absolute Gasteiger partial charge is 0.628 e. The third kappa shape index (κ3) is 2.19. The Kier molecular flexibility index (Phi) is 2.73. The molecule has 0 fully saturated rings. The van der Waals surface area contributed by atoms with Crippen molar-refractivity contribution in [3.63, 3.8) is 0 Å². The van der Waals surface area contributed by atoms with Crippen molar-refractivity contribution in [2.45, 2.75) is 4.90 Å². The van der Waals surface area contributed by atoms with E-state index in [4.69, 9.17) is 10.3 Å². The molecule has 0 heterocycles. The van der Waals surface area contributed by atoms with Gasteiger partial charge >= 0.3 is 0 Å². The molecule has 0 aliphatic heterocycles. The summed E-state index contributed by atoms with van der Waals surface area (Å²) in [6.07, 6.45) is 0. The van der Waals surface area contributed by atoms with Crippen LogP contribution in [0.1, 0.15) is 0 Å². The predicted molar refractivity (Wildman–Crippen MR) is 48.0 cm³/mol. The summed E-state index contributed by atoms with van der Waals surface area (Å²) in [6, 6.07) is 2.88. The molecule has 14 heavy (non-hydrogen) atoms. The highest BCUT2D eigenvalue weighted by molar-refractivity contribution is 7.86. The molecular weight excluding hydrogens is 212 g/mol. The molecule has 0 atom stereocenters. The molecule has 0 bridgehead atoms. The lowest BCUT2D eigenvalue weighted by Gasteiger charge is -2.24. The Bertz CT molecular complexity index is 442. The van der Waals surface area contributed by atoms with Gasteiger partial charge in [0.05, 0.1) is 5.69 Å². The highest BCUT2D eigenvalue weighted by atomic mass is 32.2. The summed E-state index contributed by atoms with van der Waals surface area (Å²) < 4.78 is 30.0. The number of benzene rings is 1. The molecule has 0 saturated carbocycles. The van der Waals surface area contributed by atoms with Crippen LogP contribution in [0.2, 0.25) is 0 Å². The van der Waals surface area contributed by atoms with Crippen molar-refractivity contribution in [3.05, 3.63) is 28.6 Å². The van der Waals surface area contributed by atoms with Gasteiger partial charge in [0.1, 0.15) is 10.6 Å². The van der Waals surface area contributed by atoms with Gasteiger partial charge in [-0.2, -0.15) is 8.42 Å². The Morgan fingerprint density at radius 2 is 1.93 bits per heavy atom. The smallest absolute Gasteiger partial charge is 0.296 e. The number of quaternary nitrogens is 1. The number of nitrogen functional groups attached to an aromatic ring is 1. The van der Waals surface area contributed by atoms with Gasteiger partial charge in [-0.25, -0.2) is 0 Å². The number of nitrogens with two attached hydrogens (primary N) is 1. The summed E-state index contributed by atoms with van der Waals surface area (Å²) in [7, 11) is -4.51. The number of nitrogens with one attached hydrogen (secondary N) is 1. The standard InChI is InChI=1S/C6H7N2O5S/c7-5-2-1-4(8(9)10)3-6(5)14(11,12)13/h1-3,8H,7H2,(H,11,12,13)/q-1. The van der Waals surface area contributed by atoms with Gasteiger partial charge in [0, 0.05) is 12.1 Å². The molecule has 0 aliphatic rings. The summed E-state index contributed by atoms with van der Waals surface area (Å²) in [5.41, 5.74) is 4.63. The zero-order valence-electron chi connectivity index (χ0n) is 6.80. The first-order valence-electron chi connectivity index (χ1n) is 3.40. The second-order valence-electron chi connectivity index (χ2n) is 2.52. The number of rotatable bonds is 2. The van der Waals surface area contributed by atoms with Crippen molar-refractivity contribution >= 4 is 21.5 Å². The fourth-order valence-corrected chi connectivity index (χ4v) is 1.53. The molecule has 0 aromatic heterocycles. The van der Waals surface area contributed by atoms with E-state index >= 15 is 0 Å². The van der Waals surface area contributed by atoms with Gasteiger partial charge in [-0.3, -0.25) is 4.55 Å². The Labute approximate surface area is 79.7 Å². The molecule has 1 rings (SSSR count). The molecular formula is C6H7N2O5S-. The lowest BCUT2D eigenvalue weighted by molar-refractivity contribution is -0.715. The van der Waals surface area contributed by atoms with Crippen LogP contribution in [0.4, 0.5) is 11.4 Å². The van der Waals surface area contributed by atoms with Crippen LogP contribution in [0, 0.1) is 10.4 Å². The lowest BCUT2D eigenvalue weighted by Crippen LogP contribution is -2.96. The van der Waals surface area contributed by atoms with Crippen molar-refractivity contribution in [2.24, 2.45) is 0 Å². The van der Waals surface area contributed by atoms with Crippen LogP contribution in [0.25, 0.3) is 0 Å². The average Bonchev–Trinajstić information content (AvgIpc) is 2.02. The molecule has 0 saturated heterocycles. The number of hydrogen-bond acceptors (Lipinski definition) is 5. The molecule has 0 radical (unpaired) electrons. The molecule has 0 amide bonds. The minimum Gasteiger partial charge on any atom is -0.628 e. The van der Waals surface area contributed by atoms with Gasteiger partial charge in [0.15, 0.2) is 0 Å². The lowest BCUT2D eigenvalue weighted by atomic mass is 10.3. The van der Waals surface area contributed by atoms with E-state index < -0.39 is 20.2 Å². The van der Waals surface area contributed by atoms with E-state index in [0.717, 1.165) is 18.2 Å². The Morgan fingerprint density at radius 1 is 1.36 bits per heavy atom. The quantitative estimate of drug-likeness (QED) is 0.333. The maximum Gasteiger partial charge on any atom is 0.296 e. The summed E-state index contributed by atoms with van der Waals surface area (Å²) in [5, 5.41) is 19.2. The first-order valence-corrected chi connectivity index (χ1v) is 4.85. The molecule has 7 nitrogen and oxygen atoms in total. The molecule has 0 spiro atoms. The van der Waals surface area contributed by atoms with E-state index in [1.165, 1.54) is 0 Å². The third-order valence-electron chi connectivity index (χ3n) is 1.53. The van der Waals surface area contributed by atoms with Crippen molar-refractivity contribution < 1.29 is 18.2 Å². The van der Waals surface area contributed by atoms with Gasteiger partial charge in [0.25, 0.3) is 10.1 Å². The van der Waals surface area contributed by atoms with Crippen molar-refractivity contribution in [1.29, 1.82) is 0 Å². The van der Waals surface area contributed by atoms with E-state index in [2.05, 4.69) is 0 Å². The van der Waals surface area contributed by atoms with E-state index in [0.29, 0.717) is 0 Å². The van der Waals surface area contributed by atoms with Gasteiger partial charge in [0.2, 0.25) is 0 Å². The van der Waals surface area contributed by atoms with E-state index in [-0.39, 0.29) is 11.4 Å². The fraction of sp³-hybridized carbons (Fsp3) is 0. The topological polar surface area (TPSA) is 131 Å². The summed E-state index contributed by atoms with van der Waals surface area (Å²) in [6.45, 7) is 0. The van der Waals surface area contributed by atoms with E-state index in [1.807, 2.05) is 0 Å². The van der Waals surface area contributed by atoms with Crippen LogP contribution in [0.5, 0.6) is 0 Å². The molecule has 1 aromatic rings. The van der Waals surface area contributed by atoms with Crippen LogP contribution in [0.3, 0.4) is 0 Å². The van der Waals surface area contributed by atoms with Gasteiger partial charge in [-0.05, 0) is 6.07 Å². The van der Waals surface area contributed by atoms with Crippen LogP contribution < -0.4 is 11.0 Å². The predicted octanol–water partition coefficient (Wildman–Crippen LogP) is -0.972. The van der Waals surface area contributed by atoms with Crippen LogP contribution >= 0.6 is 0 Å².